The molecular weight excluding hydrogens is 261 g/mol. The smallest absolute Gasteiger partial charge is 0.125 e. The van der Waals surface area contributed by atoms with Crippen LogP contribution in [-0.4, -0.2) is 6.54 Å². The van der Waals surface area contributed by atoms with Crippen LogP contribution >= 0.6 is 11.6 Å². The van der Waals surface area contributed by atoms with E-state index in [0.29, 0.717) is 11.1 Å². The molecule has 0 saturated carbocycles. The van der Waals surface area contributed by atoms with Gasteiger partial charge in [0.15, 0.2) is 0 Å². The predicted octanol–water partition coefficient (Wildman–Crippen LogP) is 4.82. The van der Waals surface area contributed by atoms with Gasteiger partial charge in [0, 0.05) is 11.1 Å². The molecule has 3 heteroatoms. The number of rotatable bonds is 4. The van der Waals surface area contributed by atoms with E-state index >= 15 is 0 Å². The van der Waals surface area contributed by atoms with E-state index in [1.54, 1.807) is 6.07 Å². The summed E-state index contributed by atoms with van der Waals surface area (Å²) in [5.41, 5.74) is 2.98. The second-order valence-electron chi connectivity index (χ2n) is 4.56. The van der Waals surface area contributed by atoms with Gasteiger partial charge in [-0.15, -0.1) is 0 Å². The van der Waals surface area contributed by atoms with E-state index in [2.05, 4.69) is 31.3 Å². The third kappa shape index (κ3) is 3.55. The van der Waals surface area contributed by atoms with Crippen molar-refractivity contribution in [1.29, 1.82) is 0 Å². The molecule has 1 nitrogen and oxygen atoms in total. The van der Waals surface area contributed by atoms with Gasteiger partial charge in [0.05, 0.1) is 0 Å². The molecule has 0 aliphatic rings. The SMILES string of the molecule is CCNC(C)c1ccc(-c2cc(F)cc(Cl)c2)cc1. The minimum Gasteiger partial charge on any atom is -0.310 e. The Labute approximate surface area is 118 Å². The van der Waals surface area contributed by atoms with Crippen molar-refractivity contribution >= 4 is 11.6 Å². The molecular formula is C16H17ClFN. The first kappa shape index (κ1) is 14.0. The Morgan fingerprint density at radius 3 is 2.37 bits per heavy atom. The summed E-state index contributed by atoms with van der Waals surface area (Å²) in [6, 6.07) is 13.0. The Kier molecular flexibility index (Phi) is 4.56. The van der Waals surface area contributed by atoms with Gasteiger partial charge in [-0.25, -0.2) is 4.39 Å². The van der Waals surface area contributed by atoms with Gasteiger partial charge >= 0.3 is 0 Å². The molecule has 1 N–H and O–H groups in total. The first-order valence-corrected chi connectivity index (χ1v) is 6.77. The summed E-state index contributed by atoms with van der Waals surface area (Å²) < 4.78 is 13.3. The molecule has 2 aromatic carbocycles. The van der Waals surface area contributed by atoms with Crippen LogP contribution in [0.3, 0.4) is 0 Å². The Morgan fingerprint density at radius 2 is 1.79 bits per heavy atom. The largest absolute Gasteiger partial charge is 0.310 e. The number of nitrogens with one attached hydrogen (secondary N) is 1. The molecule has 0 fully saturated rings. The van der Waals surface area contributed by atoms with E-state index < -0.39 is 0 Å². The molecule has 0 saturated heterocycles. The van der Waals surface area contributed by atoms with Crippen LogP contribution in [0.1, 0.15) is 25.5 Å². The molecule has 1 atom stereocenters. The van der Waals surface area contributed by atoms with Crippen LogP contribution < -0.4 is 5.32 Å². The van der Waals surface area contributed by atoms with E-state index in [1.807, 2.05) is 12.1 Å². The first-order valence-electron chi connectivity index (χ1n) is 6.40. The fourth-order valence-electron chi connectivity index (χ4n) is 2.11. The molecule has 0 aromatic heterocycles. The summed E-state index contributed by atoms with van der Waals surface area (Å²) >= 11 is 5.87. The van der Waals surface area contributed by atoms with Crippen molar-refractivity contribution in [2.45, 2.75) is 19.9 Å². The number of hydrogen-bond donors (Lipinski definition) is 1. The molecule has 19 heavy (non-hydrogen) atoms. The standard InChI is InChI=1S/C16H17ClFN/c1-3-19-11(2)12-4-6-13(7-5-12)14-8-15(17)10-16(18)9-14/h4-11,19H,3H2,1-2H3. The first-order chi connectivity index (χ1) is 9.10. The van der Waals surface area contributed by atoms with Gasteiger partial charge in [-0.1, -0.05) is 42.8 Å². The maximum atomic E-state index is 13.3. The predicted molar refractivity (Wildman–Crippen MR) is 78.9 cm³/mol. The summed E-state index contributed by atoms with van der Waals surface area (Å²) in [5.74, 6) is -0.312. The van der Waals surface area contributed by atoms with Crippen LogP contribution in [-0.2, 0) is 0 Å². The normalized spacial score (nSPS) is 12.4. The Bertz CT molecular complexity index is 531. The van der Waals surface area contributed by atoms with E-state index in [0.717, 1.165) is 17.7 Å². The van der Waals surface area contributed by atoms with Gasteiger partial charge in [0.1, 0.15) is 5.82 Å². The van der Waals surface area contributed by atoms with E-state index in [4.69, 9.17) is 11.6 Å². The molecule has 2 aromatic rings. The third-order valence-corrected chi connectivity index (χ3v) is 3.34. The quantitative estimate of drug-likeness (QED) is 0.845. The molecule has 0 spiro atoms. The van der Waals surface area contributed by atoms with Gasteiger partial charge < -0.3 is 5.32 Å². The summed E-state index contributed by atoms with van der Waals surface area (Å²) in [6.45, 7) is 5.14. The molecule has 100 valence electrons. The van der Waals surface area contributed by atoms with Gasteiger partial charge in [0.25, 0.3) is 0 Å². The van der Waals surface area contributed by atoms with Crippen LogP contribution in [0.4, 0.5) is 4.39 Å². The topological polar surface area (TPSA) is 12.0 Å². The van der Waals surface area contributed by atoms with Crippen LogP contribution in [0.5, 0.6) is 0 Å². The van der Waals surface area contributed by atoms with E-state index in [-0.39, 0.29) is 5.82 Å². The van der Waals surface area contributed by atoms with Crippen molar-refractivity contribution in [2.75, 3.05) is 6.54 Å². The highest BCUT2D eigenvalue weighted by molar-refractivity contribution is 6.30. The average molecular weight is 278 g/mol. The molecule has 2 rings (SSSR count). The van der Waals surface area contributed by atoms with Crippen molar-refractivity contribution in [3.05, 3.63) is 58.9 Å². The molecule has 1 unspecified atom stereocenters. The van der Waals surface area contributed by atoms with Crippen LogP contribution in [0, 0.1) is 5.82 Å². The second kappa shape index (κ2) is 6.18. The number of halogens is 2. The van der Waals surface area contributed by atoms with Crippen molar-refractivity contribution in [3.63, 3.8) is 0 Å². The van der Waals surface area contributed by atoms with Crippen molar-refractivity contribution in [3.8, 4) is 11.1 Å². The summed E-state index contributed by atoms with van der Waals surface area (Å²) in [5, 5.41) is 3.77. The zero-order valence-electron chi connectivity index (χ0n) is 11.1. The zero-order chi connectivity index (χ0) is 13.8. The highest BCUT2D eigenvalue weighted by Crippen LogP contribution is 2.25. The Morgan fingerprint density at radius 1 is 1.11 bits per heavy atom. The molecule has 0 aliphatic heterocycles. The summed E-state index contributed by atoms with van der Waals surface area (Å²) in [7, 11) is 0. The minimum atomic E-state index is -0.312. The number of hydrogen-bond acceptors (Lipinski definition) is 1. The van der Waals surface area contributed by atoms with Gasteiger partial charge in [0.2, 0.25) is 0 Å². The van der Waals surface area contributed by atoms with Gasteiger partial charge in [-0.2, -0.15) is 0 Å². The van der Waals surface area contributed by atoms with Crippen molar-refractivity contribution < 1.29 is 4.39 Å². The van der Waals surface area contributed by atoms with E-state index in [9.17, 15) is 4.39 Å². The van der Waals surface area contributed by atoms with Gasteiger partial charge in [-0.3, -0.25) is 0 Å². The van der Waals surface area contributed by atoms with Crippen LogP contribution in [0.15, 0.2) is 42.5 Å². The molecule has 0 radical (unpaired) electrons. The second-order valence-corrected chi connectivity index (χ2v) is 5.00. The number of benzene rings is 2. The summed E-state index contributed by atoms with van der Waals surface area (Å²) in [4.78, 5) is 0. The molecule has 0 aliphatic carbocycles. The zero-order valence-corrected chi connectivity index (χ0v) is 11.8. The lowest BCUT2D eigenvalue weighted by Crippen LogP contribution is -2.17. The lowest BCUT2D eigenvalue weighted by molar-refractivity contribution is 0.598. The maximum absolute atomic E-state index is 13.3. The van der Waals surface area contributed by atoms with Crippen LogP contribution in [0.2, 0.25) is 5.02 Å². The third-order valence-electron chi connectivity index (χ3n) is 3.12. The lowest BCUT2D eigenvalue weighted by atomic mass is 10.0. The summed E-state index contributed by atoms with van der Waals surface area (Å²) in [6.07, 6.45) is 0. The maximum Gasteiger partial charge on any atom is 0.125 e. The lowest BCUT2D eigenvalue weighted by Gasteiger charge is -2.13. The van der Waals surface area contributed by atoms with Crippen molar-refractivity contribution in [2.24, 2.45) is 0 Å². The molecule has 0 amide bonds. The van der Waals surface area contributed by atoms with E-state index in [1.165, 1.54) is 17.7 Å². The highest BCUT2D eigenvalue weighted by atomic mass is 35.5. The Balaban J connectivity index is 2.27. The molecule has 0 heterocycles. The van der Waals surface area contributed by atoms with Crippen molar-refractivity contribution in [1.82, 2.24) is 5.32 Å². The monoisotopic (exact) mass is 277 g/mol. The average Bonchev–Trinajstić information content (AvgIpc) is 2.38. The highest BCUT2D eigenvalue weighted by Gasteiger charge is 2.05. The fourth-order valence-corrected chi connectivity index (χ4v) is 2.33. The minimum absolute atomic E-state index is 0.312. The van der Waals surface area contributed by atoms with Crippen LogP contribution in [0.25, 0.3) is 11.1 Å². The Hall–Kier alpha value is -1.38. The molecule has 0 bridgehead atoms. The fraction of sp³-hybridized carbons (Fsp3) is 0.250. The van der Waals surface area contributed by atoms with Gasteiger partial charge in [-0.05, 0) is 48.4 Å².